The van der Waals surface area contributed by atoms with Crippen molar-refractivity contribution in [2.45, 2.75) is 70.9 Å². The number of hydrogen-bond donors (Lipinski definition) is 1. The molecule has 0 aliphatic carbocycles. The van der Waals surface area contributed by atoms with Crippen molar-refractivity contribution in [1.29, 1.82) is 0 Å². The summed E-state index contributed by atoms with van der Waals surface area (Å²) in [6, 6.07) is -0.280. The maximum absolute atomic E-state index is 13.0. The minimum absolute atomic E-state index is 0.0502. The monoisotopic (exact) mass is 323 g/mol. The summed E-state index contributed by atoms with van der Waals surface area (Å²) in [5.74, 6) is 0.739. The van der Waals surface area contributed by atoms with Crippen LogP contribution in [0.5, 0.6) is 0 Å². The van der Waals surface area contributed by atoms with Gasteiger partial charge in [0.25, 0.3) is 0 Å². The summed E-state index contributed by atoms with van der Waals surface area (Å²) >= 11 is 0. The number of carbonyl (C=O) groups is 2. The van der Waals surface area contributed by atoms with Crippen LogP contribution in [0.3, 0.4) is 0 Å². The zero-order chi connectivity index (χ0) is 16.8. The highest BCUT2D eigenvalue weighted by Gasteiger charge is 2.40. The van der Waals surface area contributed by atoms with E-state index in [0.717, 1.165) is 51.7 Å². The van der Waals surface area contributed by atoms with Gasteiger partial charge in [-0.15, -0.1) is 0 Å². The number of carbonyl (C=O) groups excluding carboxylic acids is 2. The molecule has 0 spiro atoms. The van der Waals surface area contributed by atoms with Crippen molar-refractivity contribution in [3.05, 3.63) is 0 Å². The third-order valence-corrected chi connectivity index (χ3v) is 5.14. The first-order valence-electron chi connectivity index (χ1n) is 9.30. The highest BCUT2D eigenvalue weighted by molar-refractivity contribution is 5.85. The Morgan fingerprint density at radius 1 is 1.04 bits per heavy atom. The lowest BCUT2D eigenvalue weighted by Crippen LogP contribution is -2.54. The van der Waals surface area contributed by atoms with E-state index >= 15 is 0 Å². The Balaban J connectivity index is 2.09. The SMILES string of the molecule is CNC(=O)[C@@H](CC(C)C)N1CCC[C@H]1C(=O)N1CCCCCC1. The van der Waals surface area contributed by atoms with E-state index in [4.69, 9.17) is 0 Å². The van der Waals surface area contributed by atoms with Gasteiger partial charge >= 0.3 is 0 Å². The van der Waals surface area contributed by atoms with Gasteiger partial charge in [0.15, 0.2) is 0 Å². The molecule has 2 aliphatic heterocycles. The second-order valence-corrected chi connectivity index (χ2v) is 7.39. The summed E-state index contributed by atoms with van der Waals surface area (Å²) in [5, 5.41) is 2.79. The lowest BCUT2D eigenvalue weighted by molar-refractivity contribution is -0.138. The molecule has 0 aromatic rings. The smallest absolute Gasteiger partial charge is 0.239 e. The molecule has 23 heavy (non-hydrogen) atoms. The molecule has 2 heterocycles. The van der Waals surface area contributed by atoms with Crippen LogP contribution in [-0.2, 0) is 9.59 Å². The van der Waals surface area contributed by atoms with Gasteiger partial charge in [-0.05, 0) is 44.6 Å². The van der Waals surface area contributed by atoms with Gasteiger partial charge in [-0.3, -0.25) is 14.5 Å². The van der Waals surface area contributed by atoms with Gasteiger partial charge in [-0.2, -0.15) is 0 Å². The van der Waals surface area contributed by atoms with Crippen molar-refractivity contribution in [1.82, 2.24) is 15.1 Å². The zero-order valence-electron chi connectivity index (χ0n) is 15.0. The van der Waals surface area contributed by atoms with E-state index in [1.165, 1.54) is 12.8 Å². The molecule has 2 fully saturated rings. The second-order valence-electron chi connectivity index (χ2n) is 7.39. The molecule has 2 atom stereocenters. The number of likely N-dealkylation sites (N-methyl/N-ethyl adjacent to an activating group) is 1. The first-order chi connectivity index (χ1) is 11.0. The molecular weight excluding hydrogens is 290 g/mol. The normalized spacial score (nSPS) is 24.5. The summed E-state index contributed by atoms with van der Waals surface area (Å²) < 4.78 is 0. The van der Waals surface area contributed by atoms with Crippen molar-refractivity contribution < 1.29 is 9.59 Å². The van der Waals surface area contributed by atoms with Crippen LogP contribution in [0, 0.1) is 5.92 Å². The predicted molar refractivity (Wildman–Crippen MR) is 92.1 cm³/mol. The van der Waals surface area contributed by atoms with Crippen LogP contribution in [-0.4, -0.2) is 60.4 Å². The first kappa shape index (κ1) is 18.2. The Morgan fingerprint density at radius 3 is 2.26 bits per heavy atom. The van der Waals surface area contributed by atoms with Crippen LogP contribution >= 0.6 is 0 Å². The number of nitrogens with zero attached hydrogens (tertiary/aromatic N) is 2. The lowest BCUT2D eigenvalue weighted by atomic mass is 10.0. The molecule has 0 aromatic heterocycles. The highest BCUT2D eigenvalue weighted by Crippen LogP contribution is 2.26. The van der Waals surface area contributed by atoms with Crippen molar-refractivity contribution >= 4 is 11.8 Å². The van der Waals surface area contributed by atoms with Crippen LogP contribution in [0.1, 0.15) is 58.8 Å². The average molecular weight is 323 g/mol. The topological polar surface area (TPSA) is 52.7 Å². The Morgan fingerprint density at radius 2 is 1.70 bits per heavy atom. The van der Waals surface area contributed by atoms with Crippen molar-refractivity contribution in [2.24, 2.45) is 5.92 Å². The minimum atomic E-state index is -0.177. The summed E-state index contributed by atoms with van der Waals surface area (Å²) in [4.78, 5) is 29.6. The van der Waals surface area contributed by atoms with E-state index in [0.29, 0.717) is 5.92 Å². The van der Waals surface area contributed by atoms with Gasteiger partial charge in [0.1, 0.15) is 0 Å². The van der Waals surface area contributed by atoms with E-state index in [-0.39, 0.29) is 23.9 Å². The second kappa shape index (κ2) is 8.67. The summed E-state index contributed by atoms with van der Waals surface area (Å²) in [7, 11) is 1.69. The molecule has 2 amide bonds. The van der Waals surface area contributed by atoms with Crippen LogP contribution in [0.15, 0.2) is 0 Å². The van der Waals surface area contributed by atoms with Crippen LogP contribution in [0.2, 0.25) is 0 Å². The largest absolute Gasteiger partial charge is 0.358 e. The van der Waals surface area contributed by atoms with E-state index in [9.17, 15) is 9.59 Å². The van der Waals surface area contributed by atoms with Gasteiger partial charge in [0.2, 0.25) is 11.8 Å². The number of nitrogens with one attached hydrogen (secondary N) is 1. The molecule has 2 aliphatic rings. The minimum Gasteiger partial charge on any atom is -0.358 e. The van der Waals surface area contributed by atoms with E-state index in [2.05, 4.69) is 24.1 Å². The molecular formula is C18H33N3O2. The first-order valence-corrected chi connectivity index (χ1v) is 9.30. The van der Waals surface area contributed by atoms with Gasteiger partial charge in [-0.25, -0.2) is 0 Å². The van der Waals surface area contributed by atoms with Gasteiger partial charge < -0.3 is 10.2 Å². The Bertz CT molecular complexity index is 403. The van der Waals surface area contributed by atoms with E-state index in [1.54, 1.807) is 7.05 Å². The van der Waals surface area contributed by atoms with E-state index in [1.807, 2.05) is 4.90 Å². The Labute approximate surface area is 140 Å². The molecule has 0 aromatic carbocycles. The number of amides is 2. The van der Waals surface area contributed by atoms with Crippen molar-refractivity contribution in [2.75, 3.05) is 26.7 Å². The molecule has 2 rings (SSSR count). The maximum Gasteiger partial charge on any atom is 0.239 e. The maximum atomic E-state index is 13.0. The predicted octanol–water partition coefficient (Wildman–Crippen LogP) is 2.01. The average Bonchev–Trinajstić information content (AvgIpc) is 2.85. The fourth-order valence-corrected chi connectivity index (χ4v) is 3.94. The molecule has 0 bridgehead atoms. The van der Waals surface area contributed by atoms with Crippen LogP contribution in [0.25, 0.3) is 0 Å². The molecule has 132 valence electrons. The van der Waals surface area contributed by atoms with Crippen molar-refractivity contribution in [3.63, 3.8) is 0 Å². The fraction of sp³-hybridized carbons (Fsp3) is 0.889. The summed E-state index contributed by atoms with van der Waals surface area (Å²) in [6.07, 6.45) is 7.39. The lowest BCUT2D eigenvalue weighted by Gasteiger charge is -2.34. The van der Waals surface area contributed by atoms with E-state index < -0.39 is 0 Å². The number of rotatable bonds is 5. The standard InChI is InChI=1S/C18H33N3O2/c1-14(2)13-16(17(22)19-3)21-12-8-9-15(21)18(23)20-10-6-4-5-7-11-20/h14-16H,4-13H2,1-3H3,(H,19,22)/t15-,16+/m0/s1. The molecule has 2 saturated heterocycles. The number of likely N-dealkylation sites (tertiary alicyclic amines) is 2. The van der Waals surface area contributed by atoms with Gasteiger partial charge in [0.05, 0.1) is 12.1 Å². The Hall–Kier alpha value is -1.10. The highest BCUT2D eigenvalue weighted by atomic mass is 16.2. The van der Waals surface area contributed by atoms with Gasteiger partial charge in [0, 0.05) is 20.1 Å². The molecule has 0 saturated carbocycles. The van der Waals surface area contributed by atoms with Crippen molar-refractivity contribution in [3.8, 4) is 0 Å². The molecule has 5 heteroatoms. The molecule has 0 radical (unpaired) electrons. The molecule has 1 N–H and O–H groups in total. The Kier molecular flexibility index (Phi) is 6.88. The summed E-state index contributed by atoms with van der Waals surface area (Å²) in [5.41, 5.74) is 0. The third kappa shape index (κ3) is 4.69. The molecule has 5 nitrogen and oxygen atoms in total. The molecule has 0 unspecified atom stereocenters. The quantitative estimate of drug-likeness (QED) is 0.842. The van der Waals surface area contributed by atoms with Crippen LogP contribution in [0.4, 0.5) is 0 Å². The van der Waals surface area contributed by atoms with Crippen LogP contribution < -0.4 is 5.32 Å². The zero-order valence-corrected chi connectivity index (χ0v) is 15.0. The summed E-state index contributed by atoms with van der Waals surface area (Å²) in [6.45, 7) is 6.90. The third-order valence-electron chi connectivity index (χ3n) is 5.14. The van der Waals surface area contributed by atoms with Gasteiger partial charge in [-0.1, -0.05) is 26.7 Å². The fourth-order valence-electron chi connectivity index (χ4n) is 3.94. The number of hydrogen-bond acceptors (Lipinski definition) is 3.